The molecule has 1 aliphatic rings. The molecule has 0 saturated heterocycles. The predicted molar refractivity (Wildman–Crippen MR) is 130 cm³/mol. The molecule has 0 aromatic heterocycles. The molecule has 0 fully saturated rings. The summed E-state index contributed by atoms with van der Waals surface area (Å²) in [6.07, 6.45) is 0.118. The van der Waals surface area contributed by atoms with E-state index in [9.17, 15) is 22.8 Å². The summed E-state index contributed by atoms with van der Waals surface area (Å²) in [4.78, 5) is 40.4. The van der Waals surface area contributed by atoms with Gasteiger partial charge in [-0.25, -0.2) is 12.7 Å². The largest absolute Gasteiger partial charge is 0.497 e. The maximum absolute atomic E-state index is 13.4. The van der Waals surface area contributed by atoms with Gasteiger partial charge in [0, 0.05) is 25.6 Å². The van der Waals surface area contributed by atoms with Gasteiger partial charge in [-0.05, 0) is 50.1 Å². The summed E-state index contributed by atoms with van der Waals surface area (Å²) in [6.45, 7) is 5.32. The predicted octanol–water partition coefficient (Wildman–Crippen LogP) is 2.56. The first kappa shape index (κ1) is 26.2. The number of fused-ring (bicyclic) bond motifs is 1. The van der Waals surface area contributed by atoms with Gasteiger partial charge in [0.1, 0.15) is 16.7 Å². The zero-order chi connectivity index (χ0) is 25.8. The molecule has 188 valence electrons. The number of sulfonamides is 1. The molecular weight excluding hydrogens is 470 g/mol. The summed E-state index contributed by atoms with van der Waals surface area (Å²) in [7, 11) is -2.47. The van der Waals surface area contributed by atoms with Gasteiger partial charge in [0.25, 0.3) is 15.9 Å². The van der Waals surface area contributed by atoms with E-state index in [0.717, 1.165) is 9.87 Å². The normalized spacial score (nSPS) is 15.0. The fourth-order valence-corrected chi connectivity index (χ4v) is 5.59. The van der Waals surface area contributed by atoms with Gasteiger partial charge in [0.15, 0.2) is 0 Å². The Morgan fingerprint density at radius 1 is 1.09 bits per heavy atom. The van der Waals surface area contributed by atoms with Gasteiger partial charge in [0.05, 0.1) is 12.7 Å². The number of carbonyl (C=O) groups excluding carboxylic acids is 3. The Bertz CT molecular complexity index is 1190. The lowest BCUT2D eigenvalue weighted by Crippen LogP contribution is -2.51. The van der Waals surface area contributed by atoms with Crippen molar-refractivity contribution in [1.29, 1.82) is 0 Å². The third kappa shape index (κ3) is 5.64. The van der Waals surface area contributed by atoms with Crippen LogP contribution in [-0.2, 0) is 26.2 Å². The lowest BCUT2D eigenvalue weighted by molar-refractivity contribution is -0.141. The summed E-state index contributed by atoms with van der Waals surface area (Å²) in [6, 6.07) is 12.2. The Morgan fingerprint density at radius 2 is 1.74 bits per heavy atom. The van der Waals surface area contributed by atoms with Crippen molar-refractivity contribution in [2.24, 2.45) is 0 Å². The number of ether oxygens (including phenoxy) is 1. The maximum Gasteiger partial charge on any atom is 0.269 e. The lowest BCUT2D eigenvalue weighted by atomic mass is 10.1. The fraction of sp³-hybridized carbons (Fsp3) is 0.400. The van der Waals surface area contributed by atoms with Crippen LogP contribution in [0.5, 0.6) is 5.75 Å². The van der Waals surface area contributed by atoms with Crippen LogP contribution in [0.15, 0.2) is 53.4 Å². The van der Waals surface area contributed by atoms with Crippen LogP contribution in [0.2, 0.25) is 0 Å². The second kappa shape index (κ2) is 10.9. The van der Waals surface area contributed by atoms with Crippen LogP contribution in [0, 0.1) is 0 Å². The van der Waals surface area contributed by atoms with Gasteiger partial charge < -0.3 is 15.0 Å². The number of methoxy groups -OCH3 is 1. The minimum atomic E-state index is -4.02. The molecule has 0 aliphatic carbocycles. The van der Waals surface area contributed by atoms with Crippen LogP contribution < -0.4 is 10.1 Å². The molecule has 10 heteroatoms. The number of rotatable bonds is 10. The van der Waals surface area contributed by atoms with E-state index in [2.05, 4.69) is 5.32 Å². The quantitative estimate of drug-likeness (QED) is 0.535. The third-order valence-electron chi connectivity index (χ3n) is 5.77. The van der Waals surface area contributed by atoms with Gasteiger partial charge in [-0.1, -0.05) is 31.2 Å². The van der Waals surface area contributed by atoms with Gasteiger partial charge in [-0.3, -0.25) is 14.4 Å². The Morgan fingerprint density at radius 3 is 2.31 bits per heavy atom. The van der Waals surface area contributed by atoms with E-state index in [1.807, 2.05) is 20.8 Å². The standard InChI is InChI=1S/C25H31N3O6S/c1-5-21(24(30)26-17(2)3)27(16-18-10-12-19(34-4)13-11-18)23(29)14-15-28-25(31)20-8-6-7-9-22(20)35(28,32)33/h6-13,17,21H,5,14-16H2,1-4H3,(H,26,30)/t21-/m1/s1. The van der Waals surface area contributed by atoms with Gasteiger partial charge in [-0.2, -0.15) is 0 Å². The van der Waals surface area contributed by atoms with Crippen molar-refractivity contribution in [3.63, 3.8) is 0 Å². The molecule has 2 aromatic rings. The number of nitrogens with one attached hydrogen (secondary N) is 1. The summed E-state index contributed by atoms with van der Waals surface area (Å²) in [5, 5.41) is 2.85. The molecular formula is C25H31N3O6S. The van der Waals surface area contributed by atoms with Gasteiger partial charge in [-0.15, -0.1) is 0 Å². The maximum atomic E-state index is 13.4. The van der Waals surface area contributed by atoms with E-state index in [-0.39, 0.29) is 41.9 Å². The van der Waals surface area contributed by atoms with Crippen LogP contribution in [0.25, 0.3) is 0 Å². The Balaban J connectivity index is 1.83. The van der Waals surface area contributed by atoms with E-state index in [0.29, 0.717) is 12.2 Å². The molecule has 0 unspecified atom stereocenters. The molecule has 9 nitrogen and oxygen atoms in total. The van der Waals surface area contributed by atoms with E-state index in [4.69, 9.17) is 4.74 Å². The summed E-state index contributed by atoms with van der Waals surface area (Å²) in [5.41, 5.74) is 0.880. The molecule has 35 heavy (non-hydrogen) atoms. The molecule has 3 amide bonds. The molecule has 1 aliphatic heterocycles. The third-order valence-corrected chi connectivity index (χ3v) is 7.61. The SMILES string of the molecule is CC[C@H](C(=O)NC(C)C)N(Cc1ccc(OC)cc1)C(=O)CCN1C(=O)c2ccccc2S1(=O)=O. The van der Waals surface area contributed by atoms with Crippen LogP contribution >= 0.6 is 0 Å². The summed E-state index contributed by atoms with van der Waals surface area (Å²) >= 11 is 0. The zero-order valence-corrected chi connectivity index (χ0v) is 21.2. The minimum Gasteiger partial charge on any atom is -0.497 e. The Kier molecular flexibility index (Phi) is 8.16. The van der Waals surface area contributed by atoms with Crippen molar-refractivity contribution in [3.8, 4) is 5.75 Å². The first-order valence-electron chi connectivity index (χ1n) is 11.5. The topological polar surface area (TPSA) is 113 Å². The highest BCUT2D eigenvalue weighted by Crippen LogP contribution is 2.30. The zero-order valence-electron chi connectivity index (χ0n) is 20.4. The Labute approximate surface area is 206 Å². The monoisotopic (exact) mass is 501 g/mol. The number of nitrogens with zero attached hydrogens (tertiary/aromatic N) is 2. The molecule has 0 bridgehead atoms. The molecule has 2 aromatic carbocycles. The van der Waals surface area contributed by atoms with Crippen LogP contribution in [0.1, 0.15) is 49.5 Å². The van der Waals surface area contributed by atoms with Crippen molar-refractivity contribution >= 4 is 27.7 Å². The molecule has 1 atom stereocenters. The smallest absolute Gasteiger partial charge is 0.269 e. The van der Waals surface area contributed by atoms with Crippen molar-refractivity contribution in [2.45, 2.75) is 57.1 Å². The number of carbonyl (C=O) groups is 3. The Hall–Kier alpha value is -3.40. The second-order valence-corrected chi connectivity index (χ2v) is 10.4. The van der Waals surface area contributed by atoms with Crippen molar-refractivity contribution < 1.29 is 27.5 Å². The highest BCUT2D eigenvalue weighted by Gasteiger charge is 2.41. The van der Waals surface area contributed by atoms with Crippen molar-refractivity contribution in [1.82, 2.24) is 14.5 Å². The minimum absolute atomic E-state index is 0.0599. The van der Waals surface area contributed by atoms with Crippen molar-refractivity contribution in [3.05, 3.63) is 59.7 Å². The number of benzene rings is 2. The molecule has 0 radical (unpaired) electrons. The number of amides is 3. The highest BCUT2D eigenvalue weighted by molar-refractivity contribution is 7.90. The van der Waals surface area contributed by atoms with Gasteiger partial charge in [0.2, 0.25) is 11.8 Å². The molecule has 1 N–H and O–H groups in total. The van der Waals surface area contributed by atoms with Crippen LogP contribution in [0.4, 0.5) is 0 Å². The first-order valence-corrected chi connectivity index (χ1v) is 12.9. The van der Waals surface area contributed by atoms with Crippen molar-refractivity contribution in [2.75, 3.05) is 13.7 Å². The molecule has 1 heterocycles. The summed E-state index contributed by atoms with van der Waals surface area (Å²) < 4.78 is 31.6. The van der Waals surface area contributed by atoms with E-state index < -0.39 is 27.9 Å². The van der Waals surface area contributed by atoms with Gasteiger partial charge >= 0.3 is 0 Å². The molecule has 3 rings (SSSR count). The average Bonchev–Trinajstić information content (AvgIpc) is 3.02. The highest BCUT2D eigenvalue weighted by atomic mass is 32.2. The first-order chi connectivity index (χ1) is 16.6. The number of hydrogen-bond donors (Lipinski definition) is 1. The van der Waals surface area contributed by atoms with E-state index >= 15 is 0 Å². The van der Waals surface area contributed by atoms with Crippen LogP contribution in [0.3, 0.4) is 0 Å². The molecule has 0 spiro atoms. The lowest BCUT2D eigenvalue weighted by Gasteiger charge is -2.31. The van der Waals surface area contributed by atoms with E-state index in [1.165, 1.54) is 17.0 Å². The van der Waals surface area contributed by atoms with E-state index in [1.54, 1.807) is 43.5 Å². The van der Waals surface area contributed by atoms with Crippen LogP contribution in [-0.4, -0.2) is 61.1 Å². The number of hydrogen-bond acceptors (Lipinski definition) is 6. The fourth-order valence-electron chi connectivity index (χ4n) is 4.02. The summed E-state index contributed by atoms with van der Waals surface area (Å²) in [5.74, 6) is -0.708. The second-order valence-electron chi connectivity index (χ2n) is 8.59. The average molecular weight is 502 g/mol. The molecule has 0 saturated carbocycles.